The molecule has 0 aliphatic carbocycles. The average Bonchev–Trinajstić information content (AvgIpc) is 2.25. The zero-order chi connectivity index (χ0) is 11.0. The van der Waals surface area contributed by atoms with Gasteiger partial charge in [-0.05, 0) is 33.4 Å². The molecule has 0 radical (unpaired) electrons. The van der Waals surface area contributed by atoms with Crippen LogP contribution in [0.4, 0.5) is 0 Å². The predicted molar refractivity (Wildman–Crippen MR) is 64.7 cm³/mol. The summed E-state index contributed by atoms with van der Waals surface area (Å²) in [6, 6.07) is 5.24. The van der Waals surface area contributed by atoms with Crippen molar-refractivity contribution in [3.8, 4) is 5.75 Å². The van der Waals surface area contributed by atoms with Crippen molar-refractivity contribution in [2.24, 2.45) is 0 Å². The Morgan fingerprint density at radius 1 is 1.47 bits per heavy atom. The normalized spacial score (nSPS) is 10.5. The number of hydrogen-bond acceptors (Lipinski definition) is 3. The van der Waals surface area contributed by atoms with E-state index in [0.29, 0.717) is 22.0 Å². The molecule has 0 fully saturated rings. The molecule has 0 aliphatic rings. The molecule has 15 heavy (non-hydrogen) atoms. The number of carbonyl (C=O) groups excluding carboxylic acids is 1. The number of rotatable bonds is 1. The number of nitrogens with zero attached hydrogens (tertiary/aromatic N) is 1. The smallest absolute Gasteiger partial charge is 0.168 e. The summed E-state index contributed by atoms with van der Waals surface area (Å²) in [6.45, 7) is 0. The maximum absolute atomic E-state index is 10.6. The van der Waals surface area contributed by atoms with Gasteiger partial charge < -0.3 is 5.11 Å². The molecular formula is C10H7BBrNO2. The van der Waals surface area contributed by atoms with Gasteiger partial charge in [-0.15, -0.1) is 0 Å². The molecule has 0 unspecified atom stereocenters. The van der Waals surface area contributed by atoms with Crippen LogP contribution in [0.25, 0.3) is 10.9 Å². The van der Waals surface area contributed by atoms with Crippen LogP contribution in [-0.2, 0) is 0 Å². The number of aldehydes is 1. The molecular weight excluding hydrogens is 257 g/mol. The zero-order valence-electron chi connectivity index (χ0n) is 7.99. The van der Waals surface area contributed by atoms with Crippen LogP contribution in [-0.4, -0.2) is 24.2 Å². The second kappa shape index (κ2) is 3.66. The van der Waals surface area contributed by atoms with E-state index < -0.39 is 0 Å². The fourth-order valence-electron chi connectivity index (χ4n) is 1.49. The number of benzene rings is 1. The SMILES string of the molecule is Bc1cc(Br)c(O)c2nc(C=O)ccc12. The lowest BCUT2D eigenvalue weighted by Gasteiger charge is -2.06. The monoisotopic (exact) mass is 263 g/mol. The van der Waals surface area contributed by atoms with Crippen molar-refractivity contribution in [3.05, 3.63) is 28.4 Å². The second-order valence-corrected chi connectivity index (χ2v) is 4.13. The van der Waals surface area contributed by atoms with Gasteiger partial charge in [-0.25, -0.2) is 4.98 Å². The zero-order valence-corrected chi connectivity index (χ0v) is 9.58. The number of carbonyl (C=O) groups is 1. The largest absolute Gasteiger partial charge is 0.505 e. The minimum absolute atomic E-state index is 0.0688. The van der Waals surface area contributed by atoms with Crippen molar-refractivity contribution < 1.29 is 9.90 Å². The number of phenolic OH excluding ortho intramolecular Hbond substituents is 1. The van der Waals surface area contributed by atoms with Gasteiger partial charge in [0, 0.05) is 0 Å². The van der Waals surface area contributed by atoms with Gasteiger partial charge in [0.25, 0.3) is 0 Å². The first-order chi connectivity index (χ1) is 7.13. The van der Waals surface area contributed by atoms with Crippen LogP contribution in [0.1, 0.15) is 10.5 Å². The first kappa shape index (κ1) is 10.2. The molecule has 3 nitrogen and oxygen atoms in total. The second-order valence-electron chi connectivity index (χ2n) is 3.27. The summed E-state index contributed by atoms with van der Waals surface area (Å²) in [4.78, 5) is 14.6. The molecule has 1 aromatic carbocycles. The van der Waals surface area contributed by atoms with Gasteiger partial charge >= 0.3 is 0 Å². The Morgan fingerprint density at radius 2 is 2.20 bits per heavy atom. The van der Waals surface area contributed by atoms with E-state index in [1.807, 2.05) is 13.9 Å². The molecule has 0 spiro atoms. The third-order valence-electron chi connectivity index (χ3n) is 2.26. The summed E-state index contributed by atoms with van der Waals surface area (Å²) >= 11 is 3.24. The van der Waals surface area contributed by atoms with Crippen LogP contribution in [0.5, 0.6) is 5.75 Å². The maximum atomic E-state index is 10.6. The van der Waals surface area contributed by atoms with Gasteiger partial charge in [0.15, 0.2) is 12.0 Å². The van der Waals surface area contributed by atoms with Crippen molar-refractivity contribution in [1.82, 2.24) is 4.98 Å². The van der Waals surface area contributed by atoms with Crippen LogP contribution in [0.2, 0.25) is 0 Å². The highest BCUT2D eigenvalue weighted by Crippen LogP contribution is 2.29. The van der Waals surface area contributed by atoms with Crippen LogP contribution in [0, 0.1) is 0 Å². The summed E-state index contributed by atoms with van der Waals surface area (Å²) in [7, 11) is 1.93. The van der Waals surface area contributed by atoms with Gasteiger partial charge in [0.2, 0.25) is 0 Å². The molecule has 2 aromatic rings. The first-order valence-corrected chi connectivity index (χ1v) is 5.17. The highest BCUT2D eigenvalue weighted by Gasteiger charge is 2.09. The lowest BCUT2D eigenvalue weighted by molar-refractivity contribution is 0.111. The molecule has 0 bridgehead atoms. The summed E-state index contributed by atoms with van der Waals surface area (Å²) in [5.74, 6) is 0.0688. The first-order valence-electron chi connectivity index (χ1n) is 4.37. The van der Waals surface area contributed by atoms with Crippen molar-refractivity contribution in [2.75, 3.05) is 0 Å². The Bertz CT molecular complexity index is 557. The van der Waals surface area contributed by atoms with Gasteiger partial charge in [-0.1, -0.05) is 11.5 Å². The van der Waals surface area contributed by atoms with E-state index in [1.165, 1.54) is 0 Å². The van der Waals surface area contributed by atoms with E-state index >= 15 is 0 Å². The van der Waals surface area contributed by atoms with E-state index in [0.717, 1.165) is 10.8 Å². The van der Waals surface area contributed by atoms with E-state index in [1.54, 1.807) is 12.1 Å². The highest BCUT2D eigenvalue weighted by molar-refractivity contribution is 9.10. The van der Waals surface area contributed by atoms with Crippen molar-refractivity contribution in [1.29, 1.82) is 0 Å². The fraction of sp³-hybridized carbons (Fsp3) is 0. The summed E-state index contributed by atoms with van der Waals surface area (Å²) in [6.07, 6.45) is 0.662. The molecule has 2 rings (SSSR count). The maximum Gasteiger partial charge on any atom is 0.168 e. The van der Waals surface area contributed by atoms with Gasteiger partial charge in [0.1, 0.15) is 19.1 Å². The lowest BCUT2D eigenvalue weighted by atomic mass is 9.91. The van der Waals surface area contributed by atoms with E-state index in [-0.39, 0.29) is 5.75 Å². The number of pyridine rings is 1. The fourth-order valence-corrected chi connectivity index (χ4v) is 2.02. The lowest BCUT2D eigenvalue weighted by Crippen LogP contribution is -2.05. The molecule has 0 amide bonds. The molecule has 5 heteroatoms. The molecule has 1 heterocycles. The molecule has 0 atom stereocenters. The average molecular weight is 264 g/mol. The van der Waals surface area contributed by atoms with Crippen LogP contribution < -0.4 is 5.46 Å². The van der Waals surface area contributed by atoms with E-state index in [4.69, 9.17) is 0 Å². The topological polar surface area (TPSA) is 50.2 Å². The number of fused-ring (bicyclic) bond motifs is 1. The molecule has 0 saturated carbocycles. The van der Waals surface area contributed by atoms with Crippen molar-refractivity contribution in [3.63, 3.8) is 0 Å². The number of aromatic nitrogens is 1. The highest BCUT2D eigenvalue weighted by atomic mass is 79.9. The quantitative estimate of drug-likeness (QED) is 0.611. The molecule has 1 N–H and O–H groups in total. The summed E-state index contributed by atoms with van der Waals surface area (Å²) in [5, 5.41) is 10.6. The van der Waals surface area contributed by atoms with Gasteiger partial charge in [-0.2, -0.15) is 0 Å². The van der Waals surface area contributed by atoms with Crippen LogP contribution in [0.15, 0.2) is 22.7 Å². The van der Waals surface area contributed by atoms with Gasteiger partial charge in [0.05, 0.1) is 4.47 Å². The number of halogens is 1. The Morgan fingerprint density at radius 3 is 2.87 bits per heavy atom. The molecule has 0 saturated heterocycles. The van der Waals surface area contributed by atoms with Crippen molar-refractivity contribution in [2.45, 2.75) is 0 Å². The van der Waals surface area contributed by atoms with E-state index in [2.05, 4.69) is 20.9 Å². The Kier molecular flexibility index (Phi) is 2.48. The third-order valence-corrected chi connectivity index (χ3v) is 2.86. The Labute approximate surface area is 95.7 Å². The van der Waals surface area contributed by atoms with E-state index in [9.17, 15) is 9.90 Å². The summed E-state index contributed by atoms with van der Waals surface area (Å²) in [5.41, 5.74) is 1.77. The van der Waals surface area contributed by atoms with Crippen molar-refractivity contribution >= 4 is 46.4 Å². The standard InChI is InChI=1S/C10H7BBrNO2/c11-7-3-8(12)10(15)9-6(7)2-1-5(4-14)13-9/h1-4,15H,11H2. The van der Waals surface area contributed by atoms with Crippen LogP contribution in [0.3, 0.4) is 0 Å². The Balaban J connectivity index is 2.91. The van der Waals surface area contributed by atoms with Crippen LogP contribution >= 0.6 is 15.9 Å². The number of hydrogen-bond donors (Lipinski definition) is 1. The molecule has 1 aromatic heterocycles. The minimum atomic E-state index is 0.0688. The molecule has 0 aliphatic heterocycles. The minimum Gasteiger partial charge on any atom is -0.505 e. The number of phenols is 1. The third kappa shape index (κ3) is 1.63. The Hall–Kier alpha value is -1.36. The van der Waals surface area contributed by atoms with Gasteiger partial charge in [-0.3, -0.25) is 4.79 Å². The predicted octanol–water partition coefficient (Wildman–Crippen LogP) is 0.774. The number of aromatic hydroxyl groups is 1. The molecule has 74 valence electrons. The summed E-state index contributed by atoms with van der Waals surface area (Å²) < 4.78 is 0.586.